The summed E-state index contributed by atoms with van der Waals surface area (Å²) in [5, 5.41) is 1.11. The fraction of sp³-hybridized carbons (Fsp3) is 0.143. The molecule has 0 aliphatic heterocycles. The van der Waals surface area contributed by atoms with Crippen LogP contribution in [0.3, 0.4) is 0 Å². The second-order valence-corrected chi connectivity index (χ2v) is 5.19. The Morgan fingerprint density at radius 2 is 1.65 bits per heavy atom. The maximum atomic E-state index is 6.37. The minimum atomic E-state index is -0.137. The zero-order valence-electron chi connectivity index (χ0n) is 9.04. The van der Waals surface area contributed by atoms with Gasteiger partial charge in [0.2, 0.25) is 0 Å². The van der Waals surface area contributed by atoms with E-state index in [4.69, 9.17) is 34.8 Å². The topological polar surface area (TPSA) is 0 Å². The van der Waals surface area contributed by atoms with Crippen molar-refractivity contribution in [1.29, 1.82) is 0 Å². The highest BCUT2D eigenvalue weighted by molar-refractivity contribution is 6.35. The molecule has 88 valence electrons. The minimum Gasteiger partial charge on any atom is -0.117 e. The second-order valence-electron chi connectivity index (χ2n) is 3.82. The minimum absolute atomic E-state index is 0.137. The van der Waals surface area contributed by atoms with E-state index in [1.54, 1.807) is 6.07 Å². The molecule has 0 bridgehead atoms. The molecule has 17 heavy (non-hydrogen) atoms. The molecule has 2 aromatic carbocycles. The molecule has 1 unspecified atom stereocenters. The summed E-state index contributed by atoms with van der Waals surface area (Å²) < 4.78 is 0. The standard InChI is InChI=1S/C14H11Cl3/c15-11-6-7-12(14(17)9-11)13(16)8-10-4-2-1-3-5-10/h1-7,9,13H,8H2. The Morgan fingerprint density at radius 3 is 2.29 bits per heavy atom. The van der Waals surface area contributed by atoms with Crippen LogP contribution < -0.4 is 0 Å². The molecule has 0 saturated heterocycles. The summed E-state index contributed by atoms with van der Waals surface area (Å²) in [5.41, 5.74) is 2.11. The van der Waals surface area contributed by atoms with Crippen LogP contribution >= 0.6 is 34.8 Å². The number of hydrogen-bond acceptors (Lipinski definition) is 0. The maximum Gasteiger partial charge on any atom is 0.0640 e. The summed E-state index contributed by atoms with van der Waals surface area (Å²) in [6, 6.07) is 15.5. The lowest BCUT2D eigenvalue weighted by Crippen LogP contribution is -1.96. The van der Waals surface area contributed by atoms with Gasteiger partial charge in [0.25, 0.3) is 0 Å². The van der Waals surface area contributed by atoms with Gasteiger partial charge in [-0.15, -0.1) is 11.6 Å². The first kappa shape index (κ1) is 12.8. The second kappa shape index (κ2) is 5.77. The van der Waals surface area contributed by atoms with Gasteiger partial charge < -0.3 is 0 Å². The number of hydrogen-bond donors (Lipinski definition) is 0. The molecule has 0 N–H and O–H groups in total. The van der Waals surface area contributed by atoms with Crippen molar-refractivity contribution in [3.63, 3.8) is 0 Å². The van der Waals surface area contributed by atoms with Crippen LogP contribution in [-0.2, 0) is 6.42 Å². The molecule has 0 saturated carbocycles. The molecule has 0 aliphatic rings. The van der Waals surface area contributed by atoms with E-state index in [-0.39, 0.29) is 5.38 Å². The van der Waals surface area contributed by atoms with Crippen molar-refractivity contribution in [2.45, 2.75) is 11.8 Å². The van der Waals surface area contributed by atoms with Crippen molar-refractivity contribution in [3.8, 4) is 0 Å². The third kappa shape index (κ3) is 3.38. The van der Waals surface area contributed by atoms with Crippen molar-refractivity contribution in [3.05, 3.63) is 69.7 Å². The highest BCUT2D eigenvalue weighted by Gasteiger charge is 2.12. The van der Waals surface area contributed by atoms with E-state index in [1.807, 2.05) is 30.3 Å². The largest absolute Gasteiger partial charge is 0.117 e. The lowest BCUT2D eigenvalue weighted by molar-refractivity contribution is 0.920. The smallest absolute Gasteiger partial charge is 0.0640 e. The maximum absolute atomic E-state index is 6.37. The average Bonchev–Trinajstić information content (AvgIpc) is 2.30. The van der Waals surface area contributed by atoms with Crippen LogP contribution in [0.25, 0.3) is 0 Å². The molecular weight excluding hydrogens is 275 g/mol. The van der Waals surface area contributed by atoms with Gasteiger partial charge in [-0.25, -0.2) is 0 Å². The number of rotatable bonds is 3. The van der Waals surface area contributed by atoms with Gasteiger partial charge in [0.05, 0.1) is 5.38 Å². The van der Waals surface area contributed by atoms with E-state index in [0.29, 0.717) is 10.0 Å². The van der Waals surface area contributed by atoms with Gasteiger partial charge in [-0.3, -0.25) is 0 Å². The first-order chi connectivity index (χ1) is 8.16. The molecule has 0 aromatic heterocycles. The number of halogens is 3. The fourth-order valence-corrected chi connectivity index (χ4v) is 2.65. The van der Waals surface area contributed by atoms with Crippen molar-refractivity contribution in [1.82, 2.24) is 0 Å². The third-order valence-corrected chi connectivity index (χ3v) is 3.51. The molecule has 2 aromatic rings. The van der Waals surface area contributed by atoms with Gasteiger partial charge in [-0.2, -0.15) is 0 Å². The van der Waals surface area contributed by atoms with Gasteiger partial charge in [-0.1, -0.05) is 59.6 Å². The normalized spacial score (nSPS) is 12.4. The molecule has 3 heteroatoms. The van der Waals surface area contributed by atoms with E-state index in [2.05, 4.69) is 12.1 Å². The lowest BCUT2D eigenvalue weighted by atomic mass is 10.0. The SMILES string of the molecule is Clc1ccc(C(Cl)Cc2ccccc2)c(Cl)c1. The monoisotopic (exact) mass is 284 g/mol. The van der Waals surface area contributed by atoms with E-state index >= 15 is 0 Å². The van der Waals surface area contributed by atoms with Crippen LogP contribution in [0.1, 0.15) is 16.5 Å². The molecule has 0 nitrogen and oxygen atoms in total. The van der Waals surface area contributed by atoms with E-state index in [9.17, 15) is 0 Å². The fourth-order valence-electron chi connectivity index (χ4n) is 1.69. The average molecular weight is 286 g/mol. The van der Waals surface area contributed by atoms with Crippen molar-refractivity contribution in [2.75, 3.05) is 0 Å². The highest BCUT2D eigenvalue weighted by Crippen LogP contribution is 2.32. The van der Waals surface area contributed by atoms with E-state index < -0.39 is 0 Å². The highest BCUT2D eigenvalue weighted by atomic mass is 35.5. The van der Waals surface area contributed by atoms with Crippen molar-refractivity contribution < 1.29 is 0 Å². The number of alkyl halides is 1. The third-order valence-electron chi connectivity index (χ3n) is 2.56. The molecule has 0 aliphatic carbocycles. The predicted octanol–water partition coefficient (Wildman–Crippen LogP) is 5.52. The van der Waals surface area contributed by atoms with Crippen LogP contribution in [-0.4, -0.2) is 0 Å². The molecule has 0 radical (unpaired) electrons. The Kier molecular flexibility index (Phi) is 4.33. The number of benzene rings is 2. The van der Waals surface area contributed by atoms with Gasteiger partial charge in [-0.05, 0) is 29.7 Å². The van der Waals surface area contributed by atoms with Crippen molar-refractivity contribution >= 4 is 34.8 Å². The Morgan fingerprint density at radius 1 is 0.941 bits per heavy atom. The summed E-state index contributed by atoms with van der Waals surface area (Å²) in [7, 11) is 0. The predicted molar refractivity (Wildman–Crippen MR) is 75.2 cm³/mol. The van der Waals surface area contributed by atoms with Gasteiger partial charge in [0.1, 0.15) is 0 Å². The van der Waals surface area contributed by atoms with Crippen LogP contribution in [0, 0.1) is 0 Å². The Bertz CT molecular complexity index is 494. The molecule has 0 amide bonds. The summed E-state index contributed by atoms with van der Waals surface area (Å²) in [4.78, 5) is 0. The Labute approximate surface area is 116 Å². The molecule has 0 heterocycles. The van der Waals surface area contributed by atoms with E-state index in [1.165, 1.54) is 5.56 Å². The van der Waals surface area contributed by atoms with Crippen LogP contribution in [0.2, 0.25) is 10.0 Å². The molecule has 0 spiro atoms. The molecular formula is C14H11Cl3. The first-order valence-electron chi connectivity index (χ1n) is 5.30. The molecule has 1 atom stereocenters. The Hall–Kier alpha value is -0.690. The summed E-state index contributed by atoms with van der Waals surface area (Å²) in [6.45, 7) is 0. The van der Waals surface area contributed by atoms with Gasteiger partial charge in [0, 0.05) is 10.0 Å². The lowest BCUT2D eigenvalue weighted by Gasteiger charge is -2.12. The van der Waals surface area contributed by atoms with Crippen molar-refractivity contribution in [2.24, 2.45) is 0 Å². The van der Waals surface area contributed by atoms with Crippen LogP contribution in [0.5, 0.6) is 0 Å². The van der Waals surface area contributed by atoms with Crippen LogP contribution in [0.4, 0.5) is 0 Å². The summed E-state index contributed by atoms with van der Waals surface area (Å²) >= 11 is 18.3. The van der Waals surface area contributed by atoms with E-state index in [0.717, 1.165) is 12.0 Å². The first-order valence-corrected chi connectivity index (χ1v) is 6.49. The van der Waals surface area contributed by atoms with Gasteiger partial charge in [0.15, 0.2) is 0 Å². The quantitative estimate of drug-likeness (QED) is 0.652. The summed E-state index contributed by atoms with van der Waals surface area (Å²) in [5.74, 6) is 0. The molecule has 2 rings (SSSR count). The van der Waals surface area contributed by atoms with Crippen LogP contribution in [0.15, 0.2) is 48.5 Å². The summed E-state index contributed by atoms with van der Waals surface area (Å²) in [6.07, 6.45) is 0.754. The molecule has 0 fully saturated rings. The Balaban J connectivity index is 2.17. The zero-order valence-corrected chi connectivity index (χ0v) is 11.3. The zero-order chi connectivity index (χ0) is 12.3. The van der Waals surface area contributed by atoms with Gasteiger partial charge >= 0.3 is 0 Å².